The van der Waals surface area contributed by atoms with Crippen molar-refractivity contribution in [1.82, 2.24) is 20.1 Å². The van der Waals surface area contributed by atoms with Crippen molar-refractivity contribution in [3.8, 4) is 0 Å². The Morgan fingerprint density at radius 2 is 1.78 bits per heavy atom. The van der Waals surface area contributed by atoms with Crippen LogP contribution in [0.2, 0.25) is 0 Å². The summed E-state index contributed by atoms with van der Waals surface area (Å²) in [6.45, 7) is 5.85. The molecule has 8 heteroatoms. The summed E-state index contributed by atoms with van der Waals surface area (Å²) >= 11 is 0. The Labute approximate surface area is 212 Å². The molecule has 0 bridgehead atoms. The first kappa shape index (κ1) is 24.4. The van der Waals surface area contributed by atoms with Crippen molar-refractivity contribution < 1.29 is 14.4 Å². The summed E-state index contributed by atoms with van der Waals surface area (Å²) in [7, 11) is 0. The zero-order chi connectivity index (χ0) is 25.1. The number of pyridine rings is 1. The number of anilines is 1. The molecule has 0 aliphatic carbocycles. The van der Waals surface area contributed by atoms with Crippen LogP contribution in [0.1, 0.15) is 60.0 Å². The van der Waals surface area contributed by atoms with Crippen molar-refractivity contribution >= 4 is 23.5 Å². The van der Waals surface area contributed by atoms with E-state index >= 15 is 0 Å². The van der Waals surface area contributed by atoms with Gasteiger partial charge in [-0.1, -0.05) is 12.5 Å². The van der Waals surface area contributed by atoms with Gasteiger partial charge >= 0.3 is 6.03 Å². The average molecular weight is 490 g/mol. The Hall–Kier alpha value is -3.26. The quantitative estimate of drug-likeness (QED) is 0.692. The minimum absolute atomic E-state index is 0.0143. The zero-order valence-electron chi connectivity index (χ0n) is 21.0. The molecule has 4 heterocycles. The molecule has 1 atom stereocenters. The van der Waals surface area contributed by atoms with Gasteiger partial charge in [-0.2, -0.15) is 0 Å². The Morgan fingerprint density at radius 1 is 1.00 bits per heavy atom. The molecule has 3 aliphatic heterocycles. The van der Waals surface area contributed by atoms with Crippen molar-refractivity contribution in [2.45, 2.75) is 58.0 Å². The maximum atomic E-state index is 13.4. The summed E-state index contributed by atoms with van der Waals surface area (Å²) in [5, 5.41) is 2.37. The Balaban J connectivity index is 1.23. The third kappa shape index (κ3) is 5.28. The topological polar surface area (TPSA) is 85.8 Å². The molecule has 0 saturated carbocycles. The third-order valence-corrected chi connectivity index (χ3v) is 7.97. The van der Waals surface area contributed by atoms with E-state index in [1.54, 1.807) is 11.0 Å². The van der Waals surface area contributed by atoms with Crippen molar-refractivity contribution in [1.29, 1.82) is 0 Å². The fourth-order valence-corrected chi connectivity index (χ4v) is 5.97. The minimum atomic E-state index is -0.427. The monoisotopic (exact) mass is 489 g/mol. The lowest BCUT2D eigenvalue weighted by Crippen LogP contribution is -2.50. The van der Waals surface area contributed by atoms with Gasteiger partial charge in [0.15, 0.2) is 0 Å². The highest BCUT2D eigenvalue weighted by molar-refractivity contribution is 6.06. The van der Waals surface area contributed by atoms with Crippen molar-refractivity contribution in [3.05, 3.63) is 59.4 Å². The number of hydrogen-bond donors (Lipinski definition) is 1. The number of imide groups is 1. The number of likely N-dealkylation sites (tertiary alicyclic amines) is 2. The van der Waals surface area contributed by atoms with Gasteiger partial charge in [-0.3, -0.25) is 29.7 Å². The summed E-state index contributed by atoms with van der Waals surface area (Å²) in [5.41, 5.74) is 3.50. The minimum Gasteiger partial charge on any atom is -0.339 e. The van der Waals surface area contributed by atoms with Gasteiger partial charge in [0.25, 0.3) is 5.91 Å². The summed E-state index contributed by atoms with van der Waals surface area (Å²) in [5.74, 6) is 0.348. The SMILES string of the molecule is Cc1ccc(C(=O)N2CCC(C3CCCCN3Cc3ccncc3)CC2)cc1N1CCC(=O)NC1=O. The number of carbonyl (C=O) groups excluding carboxylic acids is 3. The maximum Gasteiger partial charge on any atom is 0.328 e. The highest BCUT2D eigenvalue weighted by atomic mass is 16.2. The summed E-state index contributed by atoms with van der Waals surface area (Å²) in [6.07, 6.45) is 9.77. The lowest BCUT2D eigenvalue weighted by molar-refractivity contribution is -0.120. The number of benzene rings is 1. The fraction of sp³-hybridized carbons (Fsp3) is 0.500. The highest BCUT2D eigenvalue weighted by Crippen LogP contribution is 2.32. The summed E-state index contributed by atoms with van der Waals surface area (Å²) < 4.78 is 0. The van der Waals surface area contributed by atoms with Gasteiger partial charge in [-0.15, -0.1) is 0 Å². The predicted octanol–water partition coefficient (Wildman–Crippen LogP) is 3.74. The van der Waals surface area contributed by atoms with E-state index in [0.29, 0.717) is 29.8 Å². The summed E-state index contributed by atoms with van der Waals surface area (Å²) in [4.78, 5) is 47.6. The molecule has 0 spiro atoms. The molecule has 4 amide bonds. The second-order valence-corrected chi connectivity index (χ2v) is 10.3. The Bertz CT molecular complexity index is 1110. The van der Waals surface area contributed by atoms with E-state index < -0.39 is 6.03 Å². The maximum absolute atomic E-state index is 13.4. The molecule has 0 radical (unpaired) electrons. The van der Waals surface area contributed by atoms with Crippen LogP contribution in [0, 0.1) is 12.8 Å². The van der Waals surface area contributed by atoms with Crippen LogP contribution in [0.25, 0.3) is 0 Å². The van der Waals surface area contributed by atoms with Crippen LogP contribution in [0.3, 0.4) is 0 Å². The molecule has 5 rings (SSSR count). The van der Waals surface area contributed by atoms with Gasteiger partial charge in [0.05, 0.1) is 0 Å². The molecular formula is C28H35N5O3. The first-order valence-electron chi connectivity index (χ1n) is 13.1. The molecule has 3 aliphatic rings. The largest absolute Gasteiger partial charge is 0.339 e. The number of urea groups is 1. The Morgan fingerprint density at radius 3 is 2.53 bits per heavy atom. The first-order chi connectivity index (χ1) is 17.5. The van der Waals surface area contributed by atoms with E-state index in [9.17, 15) is 14.4 Å². The van der Waals surface area contributed by atoms with Crippen LogP contribution >= 0.6 is 0 Å². The number of nitrogens with zero attached hydrogens (tertiary/aromatic N) is 4. The molecule has 1 unspecified atom stereocenters. The van der Waals surface area contributed by atoms with E-state index in [2.05, 4.69) is 27.3 Å². The molecule has 8 nitrogen and oxygen atoms in total. The molecule has 1 aromatic heterocycles. The van der Waals surface area contributed by atoms with E-state index in [1.165, 1.54) is 24.8 Å². The smallest absolute Gasteiger partial charge is 0.328 e. The van der Waals surface area contributed by atoms with E-state index in [1.807, 2.05) is 36.4 Å². The van der Waals surface area contributed by atoms with E-state index in [0.717, 1.165) is 44.6 Å². The zero-order valence-corrected chi connectivity index (χ0v) is 21.0. The van der Waals surface area contributed by atoms with Crippen LogP contribution < -0.4 is 10.2 Å². The second kappa shape index (κ2) is 10.8. The number of aryl methyl sites for hydroxylation is 1. The molecule has 36 heavy (non-hydrogen) atoms. The van der Waals surface area contributed by atoms with Gasteiger partial charge in [0.1, 0.15) is 0 Å². The van der Waals surface area contributed by atoms with Gasteiger partial charge in [0, 0.05) is 62.3 Å². The molecule has 3 saturated heterocycles. The van der Waals surface area contributed by atoms with E-state index in [4.69, 9.17) is 0 Å². The van der Waals surface area contributed by atoms with Crippen LogP contribution in [0.5, 0.6) is 0 Å². The van der Waals surface area contributed by atoms with Crippen LogP contribution in [0.4, 0.5) is 10.5 Å². The van der Waals surface area contributed by atoms with E-state index in [-0.39, 0.29) is 18.2 Å². The van der Waals surface area contributed by atoms with Crippen LogP contribution in [-0.2, 0) is 11.3 Å². The molecule has 190 valence electrons. The number of amides is 4. The molecule has 2 aromatic rings. The first-order valence-corrected chi connectivity index (χ1v) is 13.1. The highest BCUT2D eigenvalue weighted by Gasteiger charge is 2.34. The molecule has 1 aromatic carbocycles. The van der Waals surface area contributed by atoms with Gasteiger partial charge in [-0.25, -0.2) is 4.79 Å². The molecule has 1 N–H and O–H groups in total. The number of rotatable bonds is 5. The predicted molar refractivity (Wildman–Crippen MR) is 138 cm³/mol. The number of aromatic nitrogens is 1. The van der Waals surface area contributed by atoms with Gasteiger partial charge in [-0.05, 0) is 80.5 Å². The normalized spacial score (nSPS) is 22.0. The standard InChI is InChI=1S/C28H35N5O3/c1-20-5-6-23(18-25(20)33-17-11-26(34)30-28(33)36)27(35)31-15-9-22(10-16-31)24-4-2-3-14-32(24)19-21-7-12-29-13-8-21/h5-8,12-13,18,22,24H,2-4,9-11,14-17,19H2,1H3,(H,30,34,36). The van der Waals surface area contributed by atoms with Crippen molar-refractivity contribution in [2.24, 2.45) is 5.92 Å². The second-order valence-electron chi connectivity index (χ2n) is 10.3. The van der Waals surface area contributed by atoms with Crippen LogP contribution in [-0.4, -0.2) is 64.9 Å². The van der Waals surface area contributed by atoms with Crippen molar-refractivity contribution in [2.75, 3.05) is 31.1 Å². The van der Waals surface area contributed by atoms with Gasteiger partial charge in [0.2, 0.25) is 5.91 Å². The number of hydrogen-bond acceptors (Lipinski definition) is 5. The number of carbonyl (C=O) groups is 3. The third-order valence-electron chi connectivity index (χ3n) is 7.97. The summed E-state index contributed by atoms with van der Waals surface area (Å²) in [6, 6.07) is 9.88. The van der Waals surface area contributed by atoms with Crippen molar-refractivity contribution in [3.63, 3.8) is 0 Å². The lowest BCUT2D eigenvalue weighted by Gasteiger charge is -2.44. The number of piperidine rings is 2. The Kier molecular flexibility index (Phi) is 7.32. The molecular weight excluding hydrogens is 454 g/mol. The lowest BCUT2D eigenvalue weighted by atomic mass is 9.83. The average Bonchev–Trinajstić information content (AvgIpc) is 2.90. The van der Waals surface area contributed by atoms with Crippen LogP contribution in [0.15, 0.2) is 42.7 Å². The molecule has 3 fully saturated rings. The fourth-order valence-electron chi connectivity index (χ4n) is 5.97. The number of nitrogens with one attached hydrogen (secondary N) is 1. The van der Waals surface area contributed by atoms with Gasteiger partial charge < -0.3 is 4.90 Å².